The molecule has 0 atom stereocenters. The molecule has 202 valence electrons. The van der Waals surface area contributed by atoms with Gasteiger partial charge in [0.05, 0.1) is 39.7 Å². The third kappa shape index (κ3) is 3.75. The molecule has 0 N–H and O–H groups in total. The molecular formula is C40H25NO2. The predicted octanol–water partition coefficient (Wildman–Crippen LogP) is 11.8. The number of rotatable bonds is 4. The number of furan rings is 2. The summed E-state index contributed by atoms with van der Waals surface area (Å²) in [5.74, 6) is 0. The molecule has 7 aromatic carbocycles. The van der Waals surface area contributed by atoms with E-state index in [1.807, 2.05) is 0 Å². The van der Waals surface area contributed by atoms with Crippen molar-refractivity contribution in [3.8, 4) is 11.1 Å². The van der Waals surface area contributed by atoms with Crippen LogP contribution < -0.4 is 4.90 Å². The highest BCUT2D eigenvalue weighted by atomic mass is 16.3. The zero-order chi connectivity index (χ0) is 50.1. The fourth-order valence-corrected chi connectivity index (χ4v) is 4.82. The Labute approximate surface area is 282 Å². The van der Waals surface area contributed by atoms with Crippen molar-refractivity contribution >= 4 is 71.7 Å². The Morgan fingerprint density at radius 3 is 1.88 bits per heavy atom. The number of benzene rings is 7. The summed E-state index contributed by atoms with van der Waals surface area (Å²) in [7, 11) is 0. The second-order valence-corrected chi connectivity index (χ2v) is 9.03. The molecule has 0 unspecified atom stereocenters. The van der Waals surface area contributed by atoms with Crippen LogP contribution in [-0.4, -0.2) is 0 Å². The van der Waals surface area contributed by atoms with Gasteiger partial charge in [0.1, 0.15) is 22.4 Å². The minimum atomic E-state index is -1.17. The van der Waals surface area contributed by atoms with Gasteiger partial charge >= 0.3 is 0 Å². The van der Waals surface area contributed by atoms with Crippen molar-refractivity contribution in [3.05, 3.63) is 151 Å². The van der Waals surface area contributed by atoms with E-state index in [-0.39, 0.29) is 0 Å². The van der Waals surface area contributed by atoms with E-state index in [0.717, 1.165) is 0 Å². The Morgan fingerprint density at radius 1 is 0.442 bits per heavy atom. The van der Waals surface area contributed by atoms with Gasteiger partial charge in [-0.2, -0.15) is 0 Å². The Hall–Kier alpha value is -5.80. The van der Waals surface area contributed by atoms with Crippen LogP contribution >= 0.6 is 0 Å². The minimum absolute atomic E-state index is 0.485. The molecule has 9 rings (SSSR count). The molecule has 2 heterocycles. The lowest BCUT2D eigenvalue weighted by atomic mass is 10.0. The van der Waals surface area contributed by atoms with Gasteiger partial charge in [-0.3, -0.25) is 0 Å². The standard InChI is InChI=1S/C40H25NO2/c1-2-10-26(11-3-1)28-18-21-30(22-19-28)41(31-23-20-27-12-4-5-13-29(27)24-31)39-38-33-15-7-9-17-36(33)42-37(38)25-34-32-14-6-8-16-35(32)43-40(34)39/h1-25H/i1D,2D,3D,4D,5D,6D,7D,8D,9D,10D,11D,12D,13D,14D,15D,16D,17D,18D,19D,20D,21D,22D,23D,24D,25D. The lowest BCUT2D eigenvalue weighted by molar-refractivity contribution is 0.664. The fourth-order valence-electron chi connectivity index (χ4n) is 4.82. The molecule has 0 aliphatic rings. The van der Waals surface area contributed by atoms with Crippen LogP contribution in [0.1, 0.15) is 34.3 Å². The molecule has 2 aromatic heterocycles. The smallest absolute Gasteiger partial charge is 0.160 e. The van der Waals surface area contributed by atoms with Crippen molar-refractivity contribution < 1.29 is 43.1 Å². The van der Waals surface area contributed by atoms with Gasteiger partial charge < -0.3 is 13.7 Å². The van der Waals surface area contributed by atoms with Gasteiger partial charge in [0.15, 0.2) is 5.58 Å². The average molecular weight is 577 g/mol. The largest absolute Gasteiger partial charge is 0.456 e. The number of fused-ring (bicyclic) bond motifs is 7. The van der Waals surface area contributed by atoms with Crippen LogP contribution in [0.15, 0.2) is 160 Å². The molecular weight excluding hydrogens is 526 g/mol. The highest BCUT2D eigenvalue weighted by Gasteiger charge is 2.26. The van der Waals surface area contributed by atoms with Gasteiger partial charge in [-0.15, -0.1) is 0 Å². The van der Waals surface area contributed by atoms with E-state index in [0.29, 0.717) is 4.90 Å². The van der Waals surface area contributed by atoms with Gasteiger partial charge in [0, 0.05) is 27.5 Å². The molecule has 0 saturated carbocycles. The Kier molecular flexibility index (Phi) is 2.15. The van der Waals surface area contributed by atoms with Crippen molar-refractivity contribution in [2.75, 3.05) is 4.90 Å². The first kappa shape index (κ1) is 9.89. The normalized spacial score (nSPS) is 19.9. The SMILES string of the molecule is [2H]c1c([2H])c([2H])c(-c2c([2H])c([2H])c(N(c3c([2H])c([2H])c4c([2H])c([2H])c([2H])c([2H])c4c3[2H])c3c4oc5c([2H])c([2H])c([2H])c([2H])c5c4c([2H])c4oc5c([2H])c([2H])c([2H])c([2H])c5c34)c([2H])c2[2H])c([2H])c1[2H]. The summed E-state index contributed by atoms with van der Waals surface area (Å²) in [6.45, 7) is 0. The molecule has 0 aliphatic heterocycles. The molecule has 0 radical (unpaired) electrons. The summed E-state index contributed by atoms with van der Waals surface area (Å²) in [4.78, 5) is 0.578. The summed E-state index contributed by atoms with van der Waals surface area (Å²) >= 11 is 0. The topological polar surface area (TPSA) is 29.5 Å². The lowest BCUT2D eigenvalue weighted by Gasteiger charge is -2.27. The van der Waals surface area contributed by atoms with E-state index in [2.05, 4.69) is 0 Å². The second-order valence-electron chi connectivity index (χ2n) is 9.03. The van der Waals surface area contributed by atoms with Crippen molar-refractivity contribution in [1.82, 2.24) is 0 Å². The fraction of sp³-hybridized carbons (Fsp3) is 0. The summed E-state index contributed by atoms with van der Waals surface area (Å²) < 4.78 is 234. The first-order valence-corrected chi connectivity index (χ1v) is 12.5. The van der Waals surface area contributed by atoms with Crippen LogP contribution in [-0.2, 0) is 0 Å². The van der Waals surface area contributed by atoms with E-state index >= 15 is 0 Å². The number of nitrogens with zero attached hydrogens (tertiary/aromatic N) is 1. The van der Waals surface area contributed by atoms with Crippen molar-refractivity contribution in [3.63, 3.8) is 0 Å². The molecule has 0 spiro atoms. The number of para-hydroxylation sites is 2. The quantitative estimate of drug-likeness (QED) is 0.209. The molecule has 0 aliphatic carbocycles. The van der Waals surface area contributed by atoms with Crippen LogP contribution in [0.3, 0.4) is 0 Å². The van der Waals surface area contributed by atoms with E-state index in [1.165, 1.54) is 0 Å². The number of anilines is 3. The first-order chi connectivity index (χ1) is 31.7. The van der Waals surface area contributed by atoms with Crippen LogP contribution in [0.4, 0.5) is 17.1 Å². The Balaban J connectivity index is 1.63. The van der Waals surface area contributed by atoms with Gasteiger partial charge in [-0.05, 0) is 64.2 Å². The second kappa shape index (κ2) is 9.37. The third-order valence-electron chi connectivity index (χ3n) is 6.63. The Bertz CT molecular complexity index is 3800. The van der Waals surface area contributed by atoms with Gasteiger partial charge in [-0.25, -0.2) is 0 Å². The number of hydrogen-bond donors (Lipinski definition) is 0. The van der Waals surface area contributed by atoms with Crippen molar-refractivity contribution in [2.24, 2.45) is 0 Å². The molecule has 9 aromatic rings. The number of hydrogen-bond acceptors (Lipinski definition) is 3. The molecule has 0 amide bonds. The van der Waals surface area contributed by atoms with Gasteiger partial charge in [-0.1, -0.05) is 109 Å². The third-order valence-corrected chi connectivity index (χ3v) is 6.63. The lowest BCUT2D eigenvalue weighted by Crippen LogP contribution is -2.10. The molecule has 43 heavy (non-hydrogen) atoms. The van der Waals surface area contributed by atoms with Crippen molar-refractivity contribution in [2.45, 2.75) is 0 Å². The highest BCUT2D eigenvalue weighted by molar-refractivity contribution is 6.24. The zero-order valence-corrected chi connectivity index (χ0v) is 21.3. The van der Waals surface area contributed by atoms with Crippen LogP contribution in [0.5, 0.6) is 0 Å². The maximum absolute atomic E-state index is 9.67. The maximum Gasteiger partial charge on any atom is 0.160 e. The van der Waals surface area contributed by atoms with Crippen LogP contribution in [0, 0.1) is 0 Å². The average Bonchev–Trinajstić information content (AvgIpc) is 3.91. The van der Waals surface area contributed by atoms with Crippen LogP contribution in [0.25, 0.3) is 65.8 Å². The van der Waals surface area contributed by atoms with Crippen LogP contribution in [0.2, 0.25) is 0 Å². The molecule has 0 saturated heterocycles. The summed E-state index contributed by atoms with van der Waals surface area (Å²) in [6, 6.07) is -23.0. The van der Waals surface area contributed by atoms with E-state index < -0.39 is 234 Å². The molecule has 0 fully saturated rings. The molecule has 3 nitrogen and oxygen atoms in total. The summed E-state index contributed by atoms with van der Waals surface area (Å²) in [5, 5.41) is -3.52. The Morgan fingerprint density at radius 2 is 1.07 bits per heavy atom. The minimum Gasteiger partial charge on any atom is -0.456 e. The first-order valence-electron chi connectivity index (χ1n) is 25.0. The zero-order valence-electron chi connectivity index (χ0n) is 46.3. The monoisotopic (exact) mass is 576 g/mol. The van der Waals surface area contributed by atoms with E-state index in [1.54, 1.807) is 0 Å². The summed E-state index contributed by atoms with van der Waals surface area (Å²) in [5.41, 5.74) is -7.03. The van der Waals surface area contributed by atoms with Gasteiger partial charge in [0.25, 0.3) is 0 Å². The highest BCUT2D eigenvalue weighted by Crippen LogP contribution is 2.49. The van der Waals surface area contributed by atoms with Gasteiger partial charge in [0.2, 0.25) is 0 Å². The van der Waals surface area contributed by atoms with Crippen molar-refractivity contribution in [1.29, 1.82) is 0 Å². The summed E-state index contributed by atoms with van der Waals surface area (Å²) in [6.07, 6.45) is 0. The molecule has 3 heteroatoms. The predicted molar refractivity (Wildman–Crippen MR) is 179 cm³/mol. The molecule has 0 bridgehead atoms. The maximum atomic E-state index is 9.67. The van der Waals surface area contributed by atoms with E-state index in [9.17, 15) is 11.0 Å². The van der Waals surface area contributed by atoms with E-state index in [4.69, 9.17) is 32.1 Å².